The van der Waals surface area contributed by atoms with E-state index in [1.807, 2.05) is 6.92 Å². The van der Waals surface area contributed by atoms with E-state index in [0.29, 0.717) is 27.4 Å². The molecule has 0 N–H and O–H groups in total. The molecule has 4 heterocycles. The van der Waals surface area contributed by atoms with Crippen molar-refractivity contribution in [1.82, 2.24) is 29.5 Å². The summed E-state index contributed by atoms with van der Waals surface area (Å²) in [6.45, 7) is 1.83. The maximum absolute atomic E-state index is 13.1. The Kier molecular flexibility index (Phi) is 7.73. The van der Waals surface area contributed by atoms with E-state index in [1.165, 1.54) is 10.7 Å². The number of anilines is 3. The summed E-state index contributed by atoms with van der Waals surface area (Å²) in [6.07, 6.45) is 0.827. The molecule has 0 aliphatic heterocycles. The molecular formula is C24H14Cl2F3N7Pt. The molecule has 0 unspecified atom stereocenters. The number of para-hydroxylation sites is 1. The molecule has 0 aliphatic rings. The van der Waals surface area contributed by atoms with Crippen molar-refractivity contribution in [2.45, 2.75) is 13.1 Å². The molecule has 0 saturated heterocycles. The third-order valence-electron chi connectivity index (χ3n) is 4.97. The maximum atomic E-state index is 13.1. The molecule has 0 aliphatic carbocycles. The number of hydrogen-bond donors (Lipinski definition) is 0. The van der Waals surface area contributed by atoms with Gasteiger partial charge in [-0.2, -0.15) is 13.2 Å². The Labute approximate surface area is 233 Å². The Balaban J connectivity index is 0.00000320. The molecule has 0 bridgehead atoms. The van der Waals surface area contributed by atoms with Crippen LogP contribution in [-0.2, 0) is 27.2 Å². The average Bonchev–Trinajstić information content (AvgIpc) is 3.51. The van der Waals surface area contributed by atoms with Crippen LogP contribution in [0.2, 0.25) is 10.0 Å². The molecule has 37 heavy (non-hydrogen) atoms. The maximum Gasteiger partial charge on any atom is 2.00 e. The number of halogens is 5. The molecule has 1 aromatic carbocycles. The smallest absolute Gasteiger partial charge is 0.343 e. The van der Waals surface area contributed by atoms with Gasteiger partial charge in [-0.25, -0.2) is 0 Å². The number of hydrogen-bond acceptors (Lipinski definition) is 5. The van der Waals surface area contributed by atoms with Gasteiger partial charge in [0.1, 0.15) is 11.6 Å². The van der Waals surface area contributed by atoms with Crippen LogP contribution in [0.1, 0.15) is 11.4 Å². The molecule has 5 aromatic rings. The van der Waals surface area contributed by atoms with Gasteiger partial charge in [0, 0.05) is 0 Å². The summed E-state index contributed by atoms with van der Waals surface area (Å²) in [4.78, 5) is 10.8. The van der Waals surface area contributed by atoms with Crippen LogP contribution in [0.25, 0.3) is 11.6 Å². The van der Waals surface area contributed by atoms with Crippen molar-refractivity contribution in [2.75, 3.05) is 4.90 Å². The fraction of sp³-hybridized carbons (Fsp3) is 0.0833. The standard InChI is InChI=1S/C24H14Cl2F3N7.Pt/c1-15-11-13-34(32-15)19-7-3-9-21(30-19)36(23-16(25)5-2-6-17(23)26)22-10-4-8-20(31-22)35-14-12-18(33-35)24(27,28)29;/h2-12H,1H3;/q-2;+2. The van der Waals surface area contributed by atoms with E-state index in [1.54, 1.807) is 59.5 Å². The minimum atomic E-state index is -4.61. The number of nitrogens with zero attached hydrogens (tertiary/aromatic N) is 7. The quantitative estimate of drug-likeness (QED) is 0.193. The van der Waals surface area contributed by atoms with Gasteiger partial charge in [-0.3, -0.25) is 25.1 Å². The summed E-state index contributed by atoms with van der Waals surface area (Å²) in [6, 6.07) is 17.5. The minimum absolute atomic E-state index is 0. The fourth-order valence-corrected chi connectivity index (χ4v) is 3.96. The van der Waals surface area contributed by atoms with E-state index in [-0.39, 0.29) is 32.7 Å². The summed E-state index contributed by atoms with van der Waals surface area (Å²) in [5.74, 6) is 1.24. The van der Waals surface area contributed by atoms with Crippen molar-refractivity contribution in [3.63, 3.8) is 0 Å². The van der Waals surface area contributed by atoms with Crippen molar-refractivity contribution in [3.8, 4) is 11.6 Å². The van der Waals surface area contributed by atoms with Crippen LogP contribution in [0.15, 0.2) is 66.7 Å². The van der Waals surface area contributed by atoms with Crippen molar-refractivity contribution < 1.29 is 34.2 Å². The van der Waals surface area contributed by atoms with Crippen LogP contribution in [0, 0.1) is 19.3 Å². The number of pyridine rings is 2. The first kappa shape index (κ1) is 26.8. The number of aromatic nitrogens is 6. The van der Waals surface area contributed by atoms with Crippen molar-refractivity contribution in [3.05, 3.63) is 101 Å². The molecule has 0 spiro atoms. The van der Waals surface area contributed by atoms with Gasteiger partial charge in [0.15, 0.2) is 0 Å². The zero-order chi connectivity index (χ0) is 25.4. The first-order valence-electron chi connectivity index (χ1n) is 10.4. The minimum Gasteiger partial charge on any atom is -0.343 e. The molecule has 7 nitrogen and oxygen atoms in total. The Bertz CT molecular complexity index is 1530. The first-order valence-corrected chi connectivity index (χ1v) is 11.1. The Hall–Kier alpha value is -3.20. The van der Waals surface area contributed by atoms with E-state index in [9.17, 15) is 13.2 Å². The summed E-state index contributed by atoms with van der Waals surface area (Å²) < 4.78 is 41.6. The Morgan fingerprint density at radius 2 is 1.30 bits per heavy atom. The number of aryl methyl sites for hydroxylation is 1. The molecule has 0 radical (unpaired) electrons. The second kappa shape index (κ2) is 10.7. The van der Waals surface area contributed by atoms with Gasteiger partial charge in [0.25, 0.3) is 0 Å². The van der Waals surface area contributed by atoms with Gasteiger partial charge < -0.3 is 9.36 Å². The summed E-state index contributed by atoms with van der Waals surface area (Å²) in [5.41, 5.74) is 0.0632. The molecule has 13 heteroatoms. The average molecular weight is 723 g/mol. The van der Waals surface area contributed by atoms with Crippen molar-refractivity contribution >= 4 is 40.5 Å². The second-order valence-electron chi connectivity index (χ2n) is 7.51. The predicted octanol–water partition coefficient (Wildman–Crippen LogP) is 6.55. The predicted molar refractivity (Wildman–Crippen MR) is 128 cm³/mol. The molecule has 0 saturated carbocycles. The van der Waals surface area contributed by atoms with Gasteiger partial charge in [-0.15, -0.1) is 12.1 Å². The van der Waals surface area contributed by atoms with Gasteiger partial charge in [-0.1, -0.05) is 72.9 Å². The summed E-state index contributed by atoms with van der Waals surface area (Å²) in [7, 11) is 0. The monoisotopic (exact) mass is 722 g/mol. The molecule has 4 aromatic heterocycles. The zero-order valence-electron chi connectivity index (χ0n) is 18.7. The number of rotatable bonds is 5. The van der Waals surface area contributed by atoms with E-state index in [4.69, 9.17) is 23.2 Å². The Morgan fingerprint density at radius 1 is 0.784 bits per heavy atom. The van der Waals surface area contributed by atoms with Crippen LogP contribution >= 0.6 is 23.2 Å². The molecule has 0 atom stereocenters. The van der Waals surface area contributed by atoms with Crippen LogP contribution in [0.4, 0.5) is 30.5 Å². The van der Waals surface area contributed by atoms with E-state index in [2.05, 4.69) is 32.6 Å². The Morgan fingerprint density at radius 3 is 1.78 bits per heavy atom. The van der Waals surface area contributed by atoms with E-state index >= 15 is 0 Å². The fourth-order valence-electron chi connectivity index (χ4n) is 3.39. The molecule has 5 rings (SSSR count). The zero-order valence-corrected chi connectivity index (χ0v) is 22.5. The molecule has 190 valence electrons. The van der Waals surface area contributed by atoms with Crippen LogP contribution in [0.3, 0.4) is 0 Å². The van der Waals surface area contributed by atoms with Gasteiger partial charge in [-0.05, 0) is 30.0 Å². The third kappa shape index (κ3) is 5.56. The molecule has 0 fully saturated rings. The third-order valence-corrected chi connectivity index (χ3v) is 5.58. The van der Waals surface area contributed by atoms with Gasteiger partial charge in [0.2, 0.25) is 0 Å². The first-order chi connectivity index (χ1) is 17.2. The van der Waals surface area contributed by atoms with E-state index < -0.39 is 11.9 Å². The SMILES string of the molecule is Cc1c[c-]n(-c2cccc(N(c3cccc(-n4[c-]cc(C(F)(F)F)n4)n3)c3c(Cl)cccc3Cl)n2)n1.[Pt+2]. The normalized spacial score (nSPS) is 11.3. The van der Waals surface area contributed by atoms with Gasteiger partial charge >= 0.3 is 27.2 Å². The molecular weight excluding hydrogens is 709 g/mol. The molecule has 0 amide bonds. The van der Waals surface area contributed by atoms with Crippen molar-refractivity contribution in [2.24, 2.45) is 0 Å². The van der Waals surface area contributed by atoms with Crippen LogP contribution in [-0.4, -0.2) is 29.5 Å². The second-order valence-corrected chi connectivity index (χ2v) is 8.32. The van der Waals surface area contributed by atoms with Crippen molar-refractivity contribution in [1.29, 1.82) is 0 Å². The topological polar surface area (TPSA) is 64.7 Å². The summed E-state index contributed by atoms with van der Waals surface area (Å²) in [5, 5.41) is 8.53. The summed E-state index contributed by atoms with van der Waals surface area (Å²) >= 11 is 13.1. The van der Waals surface area contributed by atoms with E-state index in [0.717, 1.165) is 16.4 Å². The van der Waals surface area contributed by atoms with Crippen LogP contribution < -0.4 is 4.90 Å². The largest absolute Gasteiger partial charge is 2.00 e. The number of benzene rings is 1. The number of alkyl halides is 3. The van der Waals surface area contributed by atoms with Crippen LogP contribution in [0.5, 0.6) is 0 Å². The van der Waals surface area contributed by atoms with Gasteiger partial charge in [0.05, 0.1) is 33.1 Å².